The Morgan fingerprint density at radius 2 is 2.17 bits per heavy atom. The lowest BCUT2D eigenvalue weighted by Crippen LogP contribution is -2.29. The summed E-state index contributed by atoms with van der Waals surface area (Å²) < 4.78 is 0.949. The summed E-state index contributed by atoms with van der Waals surface area (Å²) in [7, 11) is 0. The van der Waals surface area contributed by atoms with E-state index in [2.05, 4.69) is 20.2 Å². The van der Waals surface area contributed by atoms with Crippen LogP contribution < -0.4 is 10.2 Å². The van der Waals surface area contributed by atoms with Gasteiger partial charge in [0, 0.05) is 19.3 Å². The number of carbonyl (C=O) groups excluding carboxylic acids is 1. The van der Waals surface area contributed by atoms with Crippen molar-refractivity contribution in [1.29, 1.82) is 0 Å². The second-order valence-corrected chi connectivity index (χ2v) is 5.29. The molecule has 18 heavy (non-hydrogen) atoms. The molecular weight excluding hydrogens is 248 g/mol. The molecule has 2 aromatic heterocycles. The molecule has 0 spiro atoms. The highest BCUT2D eigenvalue weighted by atomic mass is 32.1. The van der Waals surface area contributed by atoms with E-state index in [1.807, 2.05) is 6.07 Å². The van der Waals surface area contributed by atoms with Gasteiger partial charge in [-0.15, -0.1) is 0 Å². The van der Waals surface area contributed by atoms with E-state index in [4.69, 9.17) is 0 Å². The number of carbonyl (C=O) groups is 1. The molecule has 1 amide bonds. The second-order valence-electron chi connectivity index (χ2n) is 4.31. The van der Waals surface area contributed by atoms with Crippen LogP contribution in [0.5, 0.6) is 0 Å². The lowest BCUT2D eigenvalue weighted by atomic mass is 10.1. The van der Waals surface area contributed by atoms with E-state index in [0.717, 1.165) is 28.4 Å². The zero-order valence-electron chi connectivity index (χ0n) is 9.93. The number of anilines is 2. The predicted molar refractivity (Wildman–Crippen MR) is 73.2 cm³/mol. The van der Waals surface area contributed by atoms with E-state index >= 15 is 0 Å². The minimum Gasteiger partial charge on any atom is -0.348 e. The number of amides is 1. The Morgan fingerprint density at radius 3 is 2.94 bits per heavy atom. The van der Waals surface area contributed by atoms with E-state index in [9.17, 15) is 4.79 Å². The van der Waals surface area contributed by atoms with Gasteiger partial charge in [0.25, 0.3) is 0 Å². The van der Waals surface area contributed by atoms with Crippen LogP contribution in [0.2, 0.25) is 0 Å². The van der Waals surface area contributed by atoms with Gasteiger partial charge in [0.15, 0.2) is 10.9 Å². The van der Waals surface area contributed by atoms with Crippen LogP contribution in [0.1, 0.15) is 19.3 Å². The Balaban J connectivity index is 1.99. The number of fused-ring (bicyclic) bond motifs is 1. The van der Waals surface area contributed by atoms with Crippen molar-refractivity contribution >= 4 is 38.9 Å². The first kappa shape index (κ1) is 11.4. The first-order valence-corrected chi connectivity index (χ1v) is 6.91. The first-order valence-electron chi connectivity index (χ1n) is 6.09. The largest absolute Gasteiger partial charge is 0.348 e. The second kappa shape index (κ2) is 4.89. The van der Waals surface area contributed by atoms with Gasteiger partial charge >= 0.3 is 0 Å². The number of hydrogen-bond acceptors (Lipinski definition) is 5. The summed E-state index contributed by atoms with van der Waals surface area (Å²) in [6.07, 6.45) is 6.10. The maximum Gasteiger partial charge on any atom is 0.212 e. The molecule has 3 heterocycles. The maximum atomic E-state index is 10.5. The third-order valence-corrected chi connectivity index (χ3v) is 4.25. The lowest BCUT2D eigenvalue weighted by molar-refractivity contribution is -0.105. The van der Waals surface area contributed by atoms with E-state index in [1.54, 1.807) is 17.5 Å². The number of aromatic nitrogens is 2. The smallest absolute Gasteiger partial charge is 0.212 e. The highest BCUT2D eigenvalue weighted by Crippen LogP contribution is 2.33. The summed E-state index contributed by atoms with van der Waals surface area (Å²) in [6.45, 7) is 2.15. The number of thiazole rings is 1. The fraction of sp³-hybridized carbons (Fsp3) is 0.417. The van der Waals surface area contributed by atoms with Crippen LogP contribution >= 0.6 is 11.3 Å². The summed E-state index contributed by atoms with van der Waals surface area (Å²) in [5.41, 5.74) is 0.903. The Hall–Kier alpha value is -1.69. The van der Waals surface area contributed by atoms with Gasteiger partial charge in [0.2, 0.25) is 6.41 Å². The van der Waals surface area contributed by atoms with E-state index < -0.39 is 0 Å². The number of nitrogens with one attached hydrogen (secondary N) is 1. The normalized spacial score (nSPS) is 15.9. The Labute approximate surface area is 109 Å². The first-order chi connectivity index (χ1) is 8.88. The van der Waals surface area contributed by atoms with Gasteiger partial charge in [-0.3, -0.25) is 4.79 Å². The average Bonchev–Trinajstić information content (AvgIpc) is 2.85. The molecule has 5 nitrogen and oxygen atoms in total. The summed E-state index contributed by atoms with van der Waals surface area (Å²) in [5.74, 6) is 0.600. The number of nitrogens with zero attached hydrogens (tertiary/aromatic N) is 3. The minimum atomic E-state index is 0.600. The summed E-state index contributed by atoms with van der Waals surface area (Å²) in [6, 6.07) is 1.88. The quantitative estimate of drug-likeness (QED) is 0.862. The molecule has 1 aliphatic heterocycles. The molecule has 0 aromatic carbocycles. The van der Waals surface area contributed by atoms with Gasteiger partial charge in [0.05, 0.1) is 10.2 Å². The van der Waals surface area contributed by atoms with Crippen molar-refractivity contribution in [2.24, 2.45) is 0 Å². The van der Waals surface area contributed by atoms with Crippen LogP contribution in [0.15, 0.2) is 12.3 Å². The molecule has 1 saturated heterocycles. The van der Waals surface area contributed by atoms with Crippen molar-refractivity contribution in [3.8, 4) is 0 Å². The van der Waals surface area contributed by atoms with Crippen molar-refractivity contribution in [2.45, 2.75) is 19.3 Å². The molecule has 0 atom stereocenters. The molecule has 3 rings (SSSR count). The highest BCUT2D eigenvalue weighted by Gasteiger charge is 2.16. The molecule has 2 aromatic rings. The third-order valence-electron chi connectivity index (χ3n) is 3.12. The topological polar surface area (TPSA) is 58.1 Å². The van der Waals surface area contributed by atoms with Crippen LogP contribution in [0.3, 0.4) is 0 Å². The van der Waals surface area contributed by atoms with Crippen LogP contribution in [-0.2, 0) is 4.79 Å². The van der Waals surface area contributed by atoms with Gasteiger partial charge in [-0.2, -0.15) is 0 Å². The van der Waals surface area contributed by atoms with Crippen LogP contribution in [0.4, 0.5) is 10.9 Å². The third kappa shape index (κ3) is 2.03. The van der Waals surface area contributed by atoms with Gasteiger partial charge in [-0.25, -0.2) is 9.97 Å². The van der Waals surface area contributed by atoms with Gasteiger partial charge in [-0.05, 0) is 25.3 Å². The molecular formula is C12H14N4OS. The van der Waals surface area contributed by atoms with Crippen LogP contribution in [0, 0.1) is 0 Å². The number of hydrogen-bond donors (Lipinski definition) is 1. The molecule has 0 bridgehead atoms. The Kier molecular flexibility index (Phi) is 3.10. The average molecular weight is 262 g/mol. The van der Waals surface area contributed by atoms with Crippen molar-refractivity contribution in [1.82, 2.24) is 9.97 Å². The predicted octanol–water partition coefficient (Wildman–Crippen LogP) is 2.25. The highest BCUT2D eigenvalue weighted by molar-refractivity contribution is 7.22. The SMILES string of the molecule is O=CNc1nccc2nc(N3CCCCC3)sc12. The lowest BCUT2D eigenvalue weighted by Gasteiger charge is -2.25. The number of rotatable bonds is 3. The molecule has 0 aliphatic carbocycles. The summed E-state index contributed by atoms with van der Waals surface area (Å²) in [4.78, 5) is 21.7. The van der Waals surface area contributed by atoms with Crippen molar-refractivity contribution in [2.75, 3.05) is 23.3 Å². The molecule has 1 N–H and O–H groups in total. The van der Waals surface area contributed by atoms with Crippen LogP contribution in [0.25, 0.3) is 10.2 Å². The van der Waals surface area contributed by atoms with E-state index in [-0.39, 0.29) is 0 Å². The molecule has 0 radical (unpaired) electrons. The monoisotopic (exact) mass is 262 g/mol. The van der Waals surface area contributed by atoms with Crippen molar-refractivity contribution in [3.63, 3.8) is 0 Å². The fourth-order valence-electron chi connectivity index (χ4n) is 2.22. The van der Waals surface area contributed by atoms with Crippen LogP contribution in [-0.4, -0.2) is 29.5 Å². The Morgan fingerprint density at radius 1 is 1.33 bits per heavy atom. The van der Waals surface area contributed by atoms with Gasteiger partial charge in [-0.1, -0.05) is 11.3 Å². The van der Waals surface area contributed by atoms with E-state index in [0.29, 0.717) is 12.2 Å². The molecule has 1 fully saturated rings. The van der Waals surface area contributed by atoms with Crippen molar-refractivity contribution < 1.29 is 4.79 Å². The standard InChI is InChI=1S/C12H14N4OS/c17-8-14-11-10-9(4-5-13-11)15-12(18-10)16-6-2-1-3-7-16/h4-5,8H,1-3,6-7H2,(H,13,14,17). The van der Waals surface area contributed by atoms with E-state index in [1.165, 1.54) is 19.3 Å². The minimum absolute atomic E-state index is 0.600. The zero-order chi connectivity index (χ0) is 12.4. The number of piperidine rings is 1. The fourth-order valence-corrected chi connectivity index (χ4v) is 3.29. The molecule has 1 aliphatic rings. The van der Waals surface area contributed by atoms with Crippen molar-refractivity contribution in [3.05, 3.63) is 12.3 Å². The molecule has 0 saturated carbocycles. The maximum absolute atomic E-state index is 10.5. The summed E-state index contributed by atoms with van der Waals surface area (Å²) >= 11 is 1.60. The van der Waals surface area contributed by atoms with Gasteiger partial charge < -0.3 is 10.2 Å². The number of pyridine rings is 1. The zero-order valence-corrected chi connectivity index (χ0v) is 10.7. The molecule has 0 unspecified atom stereocenters. The molecule has 6 heteroatoms. The molecule has 94 valence electrons. The van der Waals surface area contributed by atoms with Gasteiger partial charge in [0.1, 0.15) is 0 Å². The Bertz CT molecular complexity index is 562. The summed E-state index contributed by atoms with van der Waals surface area (Å²) in [5, 5.41) is 3.66.